The molecular formula is C12H27NO5. The van der Waals surface area contributed by atoms with Gasteiger partial charge in [-0.3, -0.25) is 0 Å². The van der Waals surface area contributed by atoms with Crippen molar-refractivity contribution in [3.63, 3.8) is 0 Å². The van der Waals surface area contributed by atoms with Gasteiger partial charge in [-0.1, -0.05) is 0 Å². The normalized spacial score (nSPS) is 16.5. The summed E-state index contributed by atoms with van der Waals surface area (Å²) in [5.41, 5.74) is 5.40. The summed E-state index contributed by atoms with van der Waals surface area (Å²) in [6.45, 7) is 2.13. The van der Waals surface area contributed by atoms with Crippen molar-refractivity contribution in [2.45, 2.75) is 24.7 Å². The van der Waals surface area contributed by atoms with Gasteiger partial charge in [-0.2, -0.15) is 0 Å². The van der Waals surface area contributed by atoms with Gasteiger partial charge < -0.3 is 29.4 Å². The number of hydrogen-bond donors (Lipinski definition) is 1. The molecule has 18 heavy (non-hydrogen) atoms. The predicted octanol–water partition coefficient (Wildman–Crippen LogP) is 0.0432. The molecule has 0 fully saturated rings. The summed E-state index contributed by atoms with van der Waals surface area (Å²) in [5, 5.41) is 0. The van der Waals surface area contributed by atoms with Crippen molar-refractivity contribution in [3.8, 4) is 0 Å². The standard InChI is InChI=1S/C12H27NO5/c1-14-8-10(15-2)12(17-4)11(16-3)9-18-7-5-6-13/h10-12H,5-9,13H2,1-4H3. The van der Waals surface area contributed by atoms with Gasteiger partial charge in [0.25, 0.3) is 0 Å². The molecule has 0 saturated carbocycles. The zero-order valence-corrected chi connectivity index (χ0v) is 11.9. The molecule has 3 unspecified atom stereocenters. The quantitative estimate of drug-likeness (QED) is 0.502. The zero-order valence-electron chi connectivity index (χ0n) is 11.9. The number of nitrogens with two attached hydrogens (primary N) is 1. The highest BCUT2D eigenvalue weighted by atomic mass is 16.6. The Labute approximate surface area is 110 Å². The van der Waals surface area contributed by atoms with Gasteiger partial charge in [0, 0.05) is 35.0 Å². The Balaban J connectivity index is 4.26. The van der Waals surface area contributed by atoms with Gasteiger partial charge in [-0.25, -0.2) is 0 Å². The van der Waals surface area contributed by atoms with E-state index in [4.69, 9.17) is 29.4 Å². The first-order valence-electron chi connectivity index (χ1n) is 6.10. The van der Waals surface area contributed by atoms with Crippen LogP contribution in [0.2, 0.25) is 0 Å². The summed E-state index contributed by atoms with van der Waals surface area (Å²) in [6.07, 6.45) is 0.202. The first kappa shape index (κ1) is 17.8. The Hall–Kier alpha value is -0.240. The van der Waals surface area contributed by atoms with Crippen LogP contribution in [0.5, 0.6) is 0 Å². The Morgan fingerprint density at radius 3 is 1.94 bits per heavy atom. The maximum atomic E-state index is 5.50. The summed E-state index contributed by atoms with van der Waals surface area (Å²) in [5.74, 6) is 0. The highest BCUT2D eigenvalue weighted by molar-refractivity contribution is 4.79. The molecule has 0 aliphatic heterocycles. The van der Waals surface area contributed by atoms with Gasteiger partial charge in [0.1, 0.15) is 18.3 Å². The minimum atomic E-state index is -0.238. The lowest BCUT2D eigenvalue weighted by Gasteiger charge is -2.30. The van der Waals surface area contributed by atoms with E-state index in [2.05, 4.69) is 0 Å². The van der Waals surface area contributed by atoms with Crippen LogP contribution in [-0.4, -0.2) is 73.1 Å². The van der Waals surface area contributed by atoms with E-state index in [1.165, 1.54) is 0 Å². The molecule has 0 aromatic carbocycles. The summed E-state index contributed by atoms with van der Waals surface area (Å²) in [6, 6.07) is 0. The second-order valence-corrected chi connectivity index (χ2v) is 3.92. The third-order valence-corrected chi connectivity index (χ3v) is 2.72. The molecule has 3 atom stereocenters. The molecule has 110 valence electrons. The van der Waals surface area contributed by atoms with Crippen LogP contribution in [0, 0.1) is 0 Å². The molecule has 2 N–H and O–H groups in total. The first-order chi connectivity index (χ1) is 8.74. The van der Waals surface area contributed by atoms with Crippen LogP contribution in [0.1, 0.15) is 6.42 Å². The van der Waals surface area contributed by atoms with Crippen LogP contribution in [0.4, 0.5) is 0 Å². The number of methoxy groups -OCH3 is 4. The Morgan fingerprint density at radius 1 is 0.889 bits per heavy atom. The smallest absolute Gasteiger partial charge is 0.114 e. The van der Waals surface area contributed by atoms with Crippen LogP contribution < -0.4 is 5.73 Å². The summed E-state index contributed by atoms with van der Waals surface area (Å²) in [7, 11) is 6.50. The predicted molar refractivity (Wildman–Crippen MR) is 68.8 cm³/mol. The summed E-state index contributed by atoms with van der Waals surface area (Å²) in [4.78, 5) is 0. The van der Waals surface area contributed by atoms with Crippen LogP contribution in [0.25, 0.3) is 0 Å². The average Bonchev–Trinajstić information content (AvgIpc) is 2.40. The molecule has 0 aromatic heterocycles. The molecule has 6 nitrogen and oxygen atoms in total. The van der Waals surface area contributed by atoms with Gasteiger partial charge in [-0.15, -0.1) is 0 Å². The van der Waals surface area contributed by atoms with Crippen molar-refractivity contribution in [1.29, 1.82) is 0 Å². The van der Waals surface area contributed by atoms with E-state index in [0.29, 0.717) is 26.4 Å². The van der Waals surface area contributed by atoms with Crippen molar-refractivity contribution in [3.05, 3.63) is 0 Å². The lowest BCUT2D eigenvalue weighted by Crippen LogP contribution is -2.45. The van der Waals surface area contributed by atoms with Crippen LogP contribution in [-0.2, 0) is 23.7 Å². The third kappa shape index (κ3) is 6.63. The van der Waals surface area contributed by atoms with Crippen molar-refractivity contribution in [2.75, 3.05) is 54.8 Å². The molecule has 0 spiro atoms. The van der Waals surface area contributed by atoms with Crippen LogP contribution in [0.15, 0.2) is 0 Å². The molecule has 6 heteroatoms. The molecular weight excluding hydrogens is 238 g/mol. The van der Waals surface area contributed by atoms with E-state index in [-0.39, 0.29) is 18.3 Å². The number of ether oxygens (including phenoxy) is 5. The van der Waals surface area contributed by atoms with E-state index >= 15 is 0 Å². The van der Waals surface area contributed by atoms with Gasteiger partial charge >= 0.3 is 0 Å². The van der Waals surface area contributed by atoms with E-state index < -0.39 is 0 Å². The second kappa shape index (κ2) is 11.8. The van der Waals surface area contributed by atoms with Gasteiger partial charge in [0.05, 0.1) is 13.2 Å². The van der Waals surface area contributed by atoms with E-state index in [1.807, 2.05) is 0 Å². The Morgan fingerprint density at radius 2 is 1.50 bits per heavy atom. The molecule has 0 saturated heterocycles. The summed E-state index contributed by atoms with van der Waals surface area (Å²) < 4.78 is 26.8. The second-order valence-electron chi connectivity index (χ2n) is 3.92. The lowest BCUT2D eigenvalue weighted by molar-refractivity contribution is -0.140. The monoisotopic (exact) mass is 265 g/mol. The van der Waals surface area contributed by atoms with E-state index in [1.54, 1.807) is 28.4 Å². The Kier molecular flexibility index (Phi) is 11.7. The minimum absolute atomic E-state index is 0.192. The number of rotatable bonds is 12. The molecule has 0 rings (SSSR count). The van der Waals surface area contributed by atoms with Crippen LogP contribution in [0.3, 0.4) is 0 Å². The Bertz CT molecular complexity index is 182. The van der Waals surface area contributed by atoms with Gasteiger partial charge in [0.15, 0.2) is 0 Å². The topological polar surface area (TPSA) is 72.2 Å². The average molecular weight is 265 g/mol. The van der Waals surface area contributed by atoms with Crippen molar-refractivity contribution >= 4 is 0 Å². The fourth-order valence-corrected chi connectivity index (χ4v) is 1.69. The molecule has 0 bridgehead atoms. The number of hydrogen-bond acceptors (Lipinski definition) is 6. The molecule has 0 aliphatic carbocycles. The molecule has 0 amide bonds. The highest BCUT2D eigenvalue weighted by Gasteiger charge is 2.30. The molecule has 0 radical (unpaired) electrons. The summed E-state index contributed by atoms with van der Waals surface area (Å²) >= 11 is 0. The lowest BCUT2D eigenvalue weighted by atomic mass is 10.1. The fourth-order valence-electron chi connectivity index (χ4n) is 1.69. The largest absolute Gasteiger partial charge is 0.382 e. The maximum Gasteiger partial charge on any atom is 0.114 e. The zero-order chi connectivity index (χ0) is 13.8. The van der Waals surface area contributed by atoms with E-state index in [9.17, 15) is 0 Å². The third-order valence-electron chi connectivity index (χ3n) is 2.72. The highest BCUT2D eigenvalue weighted by Crippen LogP contribution is 2.12. The maximum absolute atomic E-state index is 5.50. The van der Waals surface area contributed by atoms with Crippen LogP contribution >= 0.6 is 0 Å². The van der Waals surface area contributed by atoms with Crippen molar-refractivity contribution in [1.82, 2.24) is 0 Å². The molecule has 0 aliphatic rings. The van der Waals surface area contributed by atoms with E-state index in [0.717, 1.165) is 6.42 Å². The van der Waals surface area contributed by atoms with Crippen molar-refractivity contribution in [2.24, 2.45) is 5.73 Å². The first-order valence-corrected chi connectivity index (χ1v) is 6.10. The SMILES string of the molecule is COCC(OC)C(OC)C(COCCCN)OC. The fraction of sp³-hybridized carbons (Fsp3) is 1.00. The van der Waals surface area contributed by atoms with Gasteiger partial charge in [-0.05, 0) is 13.0 Å². The minimum Gasteiger partial charge on any atom is -0.382 e. The van der Waals surface area contributed by atoms with Crippen molar-refractivity contribution < 1.29 is 23.7 Å². The molecule has 0 heterocycles. The van der Waals surface area contributed by atoms with Gasteiger partial charge in [0.2, 0.25) is 0 Å². The molecule has 0 aromatic rings.